The van der Waals surface area contributed by atoms with Crippen LogP contribution in [0.5, 0.6) is 0 Å². The standard InChI is InChI=1S/C26H27NO/c1-3-7-18(8-4-1)14-23-24(27-25(28-23)22-9-5-2-6-10-22)26-15-19-11-20(16-26)13-21(12-19)17-26/h1-10,19-21H,11-17H2. The molecule has 0 unspecified atom stereocenters. The molecule has 3 aromatic rings. The summed E-state index contributed by atoms with van der Waals surface area (Å²) in [5.74, 6) is 4.64. The number of rotatable bonds is 4. The second-order valence-corrected chi connectivity index (χ2v) is 9.52. The maximum atomic E-state index is 6.48. The number of oxazole rings is 1. The molecular formula is C26H27NO. The fourth-order valence-corrected chi connectivity index (χ4v) is 6.77. The van der Waals surface area contributed by atoms with E-state index in [1.165, 1.54) is 49.8 Å². The summed E-state index contributed by atoms with van der Waals surface area (Å²) in [7, 11) is 0. The molecule has 4 aliphatic carbocycles. The minimum atomic E-state index is 0.259. The highest BCUT2D eigenvalue weighted by Crippen LogP contribution is 2.61. The average molecular weight is 370 g/mol. The minimum Gasteiger partial charge on any atom is -0.441 e. The molecule has 7 rings (SSSR count). The van der Waals surface area contributed by atoms with E-state index in [1.54, 1.807) is 0 Å². The van der Waals surface area contributed by atoms with Crippen LogP contribution in [0.25, 0.3) is 11.5 Å². The second-order valence-electron chi connectivity index (χ2n) is 9.52. The van der Waals surface area contributed by atoms with Crippen LogP contribution >= 0.6 is 0 Å². The molecule has 0 amide bonds. The van der Waals surface area contributed by atoms with Crippen LogP contribution in [0.4, 0.5) is 0 Å². The Morgan fingerprint density at radius 1 is 0.786 bits per heavy atom. The van der Waals surface area contributed by atoms with Crippen LogP contribution in [0.2, 0.25) is 0 Å². The van der Waals surface area contributed by atoms with Crippen LogP contribution in [-0.2, 0) is 11.8 Å². The monoisotopic (exact) mass is 369 g/mol. The van der Waals surface area contributed by atoms with Crippen LogP contribution in [0, 0.1) is 17.8 Å². The van der Waals surface area contributed by atoms with E-state index in [0.717, 1.165) is 41.4 Å². The first-order valence-corrected chi connectivity index (χ1v) is 10.9. The molecular weight excluding hydrogens is 342 g/mol. The van der Waals surface area contributed by atoms with Gasteiger partial charge in [-0.2, -0.15) is 0 Å². The highest BCUT2D eigenvalue weighted by molar-refractivity contribution is 5.54. The highest BCUT2D eigenvalue weighted by atomic mass is 16.4. The number of aromatic nitrogens is 1. The zero-order valence-electron chi connectivity index (χ0n) is 16.3. The van der Waals surface area contributed by atoms with Crippen molar-refractivity contribution >= 4 is 0 Å². The molecule has 2 heteroatoms. The third-order valence-electron chi connectivity index (χ3n) is 7.47. The first-order chi connectivity index (χ1) is 13.8. The first-order valence-electron chi connectivity index (χ1n) is 10.9. The Labute approximate surface area is 167 Å². The quantitative estimate of drug-likeness (QED) is 0.532. The Morgan fingerprint density at radius 3 is 1.96 bits per heavy atom. The molecule has 1 aromatic heterocycles. The average Bonchev–Trinajstić information content (AvgIpc) is 3.13. The van der Waals surface area contributed by atoms with Gasteiger partial charge in [-0.3, -0.25) is 0 Å². The number of nitrogens with zero attached hydrogens (tertiary/aromatic N) is 1. The van der Waals surface area contributed by atoms with Crippen molar-refractivity contribution in [2.45, 2.75) is 50.4 Å². The van der Waals surface area contributed by atoms with Crippen molar-refractivity contribution in [2.24, 2.45) is 17.8 Å². The summed E-state index contributed by atoms with van der Waals surface area (Å²) >= 11 is 0. The molecule has 2 nitrogen and oxygen atoms in total. The second kappa shape index (κ2) is 6.34. The van der Waals surface area contributed by atoms with Gasteiger partial charge in [-0.1, -0.05) is 48.5 Å². The molecule has 2 aromatic carbocycles. The van der Waals surface area contributed by atoms with E-state index in [-0.39, 0.29) is 5.41 Å². The normalized spacial score (nSPS) is 30.6. The number of hydrogen-bond donors (Lipinski definition) is 0. The maximum absolute atomic E-state index is 6.48. The third kappa shape index (κ3) is 2.73. The number of benzene rings is 2. The van der Waals surface area contributed by atoms with E-state index in [1.807, 2.05) is 0 Å². The zero-order valence-corrected chi connectivity index (χ0v) is 16.3. The van der Waals surface area contributed by atoms with Gasteiger partial charge in [0.25, 0.3) is 0 Å². The van der Waals surface area contributed by atoms with E-state index in [9.17, 15) is 0 Å². The van der Waals surface area contributed by atoms with Crippen LogP contribution in [0.15, 0.2) is 65.1 Å². The lowest BCUT2D eigenvalue weighted by Crippen LogP contribution is -2.49. The Balaban J connectivity index is 1.45. The molecule has 0 N–H and O–H groups in total. The van der Waals surface area contributed by atoms with Gasteiger partial charge < -0.3 is 4.42 Å². The minimum absolute atomic E-state index is 0.259. The molecule has 4 saturated carbocycles. The van der Waals surface area contributed by atoms with Gasteiger partial charge in [-0.05, 0) is 74.0 Å². The Kier molecular flexibility index (Phi) is 3.75. The van der Waals surface area contributed by atoms with Gasteiger partial charge in [-0.15, -0.1) is 0 Å². The third-order valence-corrected chi connectivity index (χ3v) is 7.47. The van der Waals surface area contributed by atoms with Gasteiger partial charge in [0.05, 0.1) is 5.69 Å². The van der Waals surface area contributed by atoms with Gasteiger partial charge in [0.2, 0.25) is 5.89 Å². The lowest BCUT2D eigenvalue weighted by Gasteiger charge is -2.56. The van der Waals surface area contributed by atoms with E-state index in [4.69, 9.17) is 9.40 Å². The van der Waals surface area contributed by atoms with Crippen molar-refractivity contribution in [3.8, 4) is 11.5 Å². The molecule has 4 aliphatic rings. The van der Waals surface area contributed by atoms with Crippen LogP contribution in [0.3, 0.4) is 0 Å². The topological polar surface area (TPSA) is 26.0 Å². The molecule has 0 radical (unpaired) electrons. The fourth-order valence-electron chi connectivity index (χ4n) is 6.77. The molecule has 1 heterocycles. The molecule has 0 aliphatic heterocycles. The van der Waals surface area contributed by atoms with E-state index in [0.29, 0.717) is 0 Å². The van der Waals surface area contributed by atoms with Crippen molar-refractivity contribution in [3.63, 3.8) is 0 Å². The van der Waals surface area contributed by atoms with E-state index >= 15 is 0 Å². The molecule has 28 heavy (non-hydrogen) atoms. The SMILES string of the molecule is c1ccc(Cc2oc(-c3ccccc3)nc2C23CC4CC(CC(C4)C2)C3)cc1. The van der Waals surface area contributed by atoms with Crippen LogP contribution in [0.1, 0.15) is 55.5 Å². The van der Waals surface area contributed by atoms with Gasteiger partial charge in [0, 0.05) is 17.4 Å². The number of hydrogen-bond acceptors (Lipinski definition) is 2. The summed E-state index contributed by atoms with van der Waals surface area (Å²) in [6.07, 6.45) is 9.17. The Morgan fingerprint density at radius 2 is 1.36 bits per heavy atom. The van der Waals surface area contributed by atoms with Crippen molar-refractivity contribution in [2.75, 3.05) is 0 Å². The van der Waals surface area contributed by atoms with Crippen molar-refractivity contribution < 1.29 is 4.42 Å². The summed E-state index contributed by atoms with van der Waals surface area (Å²) in [4.78, 5) is 5.20. The van der Waals surface area contributed by atoms with E-state index < -0.39 is 0 Å². The summed E-state index contributed by atoms with van der Waals surface area (Å²) in [6.45, 7) is 0. The van der Waals surface area contributed by atoms with Crippen LogP contribution in [-0.4, -0.2) is 4.98 Å². The Bertz CT molecular complexity index is 937. The van der Waals surface area contributed by atoms with Crippen LogP contribution < -0.4 is 0 Å². The summed E-state index contributed by atoms with van der Waals surface area (Å²) in [5, 5.41) is 0. The first kappa shape index (κ1) is 16.6. The summed E-state index contributed by atoms with van der Waals surface area (Å²) in [6, 6.07) is 21.1. The van der Waals surface area contributed by atoms with Gasteiger partial charge in [0.1, 0.15) is 5.76 Å². The predicted octanol–water partition coefficient (Wildman–Crippen LogP) is 6.40. The highest BCUT2D eigenvalue weighted by Gasteiger charge is 2.53. The zero-order chi connectivity index (χ0) is 18.6. The van der Waals surface area contributed by atoms with Crippen molar-refractivity contribution in [1.29, 1.82) is 0 Å². The fraction of sp³-hybridized carbons (Fsp3) is 0.423. The van der Waals surface area contributed by atoms with Crippen molar-refractivity contribution in [1.82, 2.24) is 4.98 Å². The lowest BCUT2D eigenvalue weighted by molar-refractivity contribution is -0.00769. The molecule has 0 spiro atoms. The smallest absolute Gasteiger partial charge is 0.226 e. The molecule has 0 saturated heterocycles. The maximum Gasteiger partial charge on any atom is 0.226 e. The summed E-state index contributed by atoms with van der Waals surface area (Å²) in [5.41, 5.74) is 3.95. The largest absolute Gasteiger partial charge is 0.441 e. The molecule has 142 valence electrons. The molecule has 4 fully saturated rings. The van der Waals surface area contributed by atoms with E-state index in [2.05, 4.69) is 60.7 Å². The Hall–Kier alpha value is -2.35. The van der Waals surface area contributed by atoms with Gasteiger partial charge >= 0.3 is 0 Å². The summed E-state index contributed by atoms with van der Waals surface area (Å²) < 4.78 is 6.48. The molecule has 4 bridgehead atoms. The predicted molar refractivity (Wildman–Crippen MR) is 111 cm³/mol. The lowest BCUT2D eigenvalue weighted by atomic mass is 9.48. The van der Waals surface area contributed by atoms with Gasteiger partial charge in [0.15, 0.2) is 0 Å². The van der Waals surface area contributed by atoms with Gasteiger partial charge in [-0.25, -0.2) is 4.98 Å². The molecule has 0 atom stereocenters. The van der Waals surface area contributed by atoms with Crippen molar-refractivity contribution in [3.05, 3.63) is 77.7 Å².